The molecule has 14 heavy (non-hydrogen) atoms. The van der Waals surface area contributed by atoms with E-state index in [0.29, 0.717) is 23.1 Å². The number of ether oxygens (including phenoxy) is 1. The van der Waals surface area contributed by atoms with Crippen molar-refractivity contribution in [3.05, 3.63) is 23.2 Å². The molecule has 3 nitrogen and oxygen atoms in total. The highest BCUT2D eigenvalue weighted by atomic mass is 35.5. The van der Waals surface area contributed by atoms with Gasteiger partial charge in [-0.25, -0.2) is 0 Å². The Balaban J connectivity index is 2.53. The van der Waals surface area contributed by atoms with Crippen molar-refractivity contribution in [3.63, 3.8) is 0 Å². The van der Waals surface area contributed by atoms with Crippen molar-refractivity contribution in [2.24, 2.45) is 0 Å². The fraction of sp³-hybridized carbons (Fsp3) is 0.400. The highest BCUT2D eigenvalue weighted by Gasteiger charge is 2.01. The molecule has 0 unspecified atom stereocenters. The van der Waals surface area contributed by atoms with Crippen LogP contribution in [0.5, 0.6) is 5.75 Å². The lowest BCUT2D eigenvalue weighted by molar-refractivity contribution is 0.262. The largest absolute Gasteiger partial charge is 0.490 e. The Bertz CT molecular complexity index is 302. The molecule has 1 aromatic rings. The Morgan fingerprint density at radius 1 is 1.43 bits per heavy atom. The molecule has 0 aliphatic rings. The number of nitrogen functional groups attached to an aromatic ring is 1. The molecule has 0 bridgehead atoms. The Hall–Kier alpha value is -0.930. The number of hydrogen-bond acceptors (Lipinski definition) is 3. The molecule has 0 heterocycles. The van der Waals surface area contributed by atoms with Crippen molar-refractivity contribution in [1.82, 2.24) is 4.90 Å². The molecule has 0 aromatic heterocycles. The summed E-state index contributed by atoms with van der Waals surface area (Å²) in [7, 11) is 3.98. The Morgan fingerprint density at radius 2 is 2.14 bits per heavy atom. The summed E-state index contributed by atoms with van der Waals surface area (Å²) >= 11 is 5.81. The van der Waals surface area contributed by atoms with Crippen LogP contribution in [0.1, 0.15) is 0 Å². The van der Waals surface area contributed by atoms with Crippen molar-refractivity contribution < 1.29 is 4.74 Å². The van der Waals surface area contributed by atoms with Gasteiger partial charge in [0.1, 0.15) is 12.4 Å². The number of anilines is 1. The lowest BCUT2D eigenvalue weighted by atomic mass is 10.3. The first kappa shape index (κ1) is 11.1. The maximum Gasteiger partial charge on any atom is 0.143 e. The molecule has 0 atom stereocenters. The van der Waals surface area contributed by atoms with Gasteiger partial charge in [-0.3, -0.25) is 0 Å². The Kier molecular flexibility index (Phi) is 4.04. The zero-order valence-corrected chi connectivity index (χ0v) is 9.21. The number of halogens is 1. The fourth-order valence-corrected chi connectivity index (χ4v) is 1.13. The van der Waals surface area contributed by atoms with E-state index in [9.17, 15) is 0 Å². The number of hydrogen-bond donors (Lipinski definition) is 1. The quantitative estimate of drug-likeness (QED) is 0.778. The van der Waals surface area contributed by atoms with Crippen LogP contribution in [0.25, 0.3) is 0 Å². The van der Waals surface area contributed by atoms with Crippen molar-refractivity contribution in [1.29, 1.82) is 0 Å². The summed E-state index contributed by atoms with van der Waals surface area (Å²) in [5.41, 5.74) is 6.33. The van der Waals surface area contributed by atoms with E-state index in [1.165, 1.54) is 0 Å². The minimum Gasteiger partial charge on any atom is -0.490 e. The van der Waals surface area contributed by atoms with E-state index in [0.717, 1.165) is 6.54 Å². The van der Waals surface area contributed by atoms with E-state index in [4.69, 9.17) is 22.1 Å². The normalized spacial score (nSPS) is 10.6. The van der Waals surface area contributed by atoms with Crippen LogP contribution in [-0.2, 0) is 0 Å². The first-order chi connectivity index (χ1) is 6.59. The van der Waals surface area contributed by atoms with Gasteiger partial charge in [0.15, 0.2) is 0 Å². The SMILES string of the molecule is CN(C)CCOc1cc(Cl)ccc1N. The molecule has 0 aliphatic heterocycles. The maximum absolute atomic E-state index is 5.81. The minimum absolute atomic E-state index is 0.609. The van der Waals surface area contributed by atoms with Crippen LogP contribution in [0.15, 0.2) is 18.2 Å². The van der Waals surface area contributed by atoms with Gasteiger partial charge in [0.25, 0.3) is 0 Å². The summed E-state index contributed by atoms with van der Waals surface area (Å²) in [5.74, 6) is 0.652. The second kappa shape index (κ2) is 5.08. The summed E-state index contributed by atoms with van der Waals surface area (Å²) < 4.78 is 5.48. The number of nitrogens with zero attached hydrogens (tertiary/aromatic N) is 1. The van der Waals surface area contributed by atoms with E-state index in [1.54, 1.807) is 18.2 Å². The summed E-state index contributed by atoms with van der Waals surface area (Å²) in [4.78, 5) is 2.04. The highest BCUT2D eigenvalue weighted by Crippen LogP contribution is 2.25. The van der Waals surface area contributed by atoms with Crippen molar-refractivity contribution >= 4 is 17.3 Å². The van der Waals surface area contributed by atoms with Crippen LogP contribution in [-0.4, -0.2) is 32.1 Å². The molecule has 0 aliphatic carbocycles. The average Bonchev–Trinajstić information content (AvgIpc) is 2.10. The molecule has 2 N–H and O–H groups in total. The van der Waals surface area contributed by atoms with Gasteiger partial charge in [0, 0.05) is 17.6 Å². The summed E-state index contributed by atoms with van der Waals surface area (Å²) in [5, 5.41) is 0.638. The smallest absolute Gasteiger partial charge is 0.143 e. The molecular weight excluding hydrogens is 200 g/mol. The van der Waals surface area contributed by atoms with Crippen LogP contribution >= 0.6 is 11.6 Å². The number of nitrogens with two attached hydrogens (primary N) is 1. The van der Waals surface area contributed by atoms with Crippen LogP contribution < -0.4 is 10.5 Å². The summed E-state index contributed by atoms with van der Waals surface area (Å²) in [6.45, 7) is 1.46. The molecule has 1 aromatic carbocycles. The number of benzene rings is 1. The summed E-state index contributed by atoms with van der Waals surface area (Å²) in [6, 6.07) is 5.22. The van der Waals surface area contributed by atoms with Crippen LogP contribution in [0.3, 0.4) is 0 Å². The Morgan fingerprint density at radius 3 is 2.79 bits per heavy atom. The third kappa shape index (κ3) is 3.44. The molecule has 1 rings (SSSR count). The van der Waals surface area contributed by atoms with Crippen LogP contribution in [0, 0.1) is 0 Å². The van der Waals surface area contributed by atoms with Crippen LogP contribution in [0.2, 0.25) is 5.02 Å². The van der Waals surface area contributed by atoms with Crippen molar-refractivity contribution in [2.45, 2.75) is 0 Å². The molecule has 4 heteroatoms. The fourth-order valence-electron chi connectivity index (χ4n) is 0.971. The zero-order valence-electron chi connectivity index (χ0n) is 8.46. The van der Waals surface area contributed by atoms with E-state index in [2.05, 4.69) is 0 Å². The van der Waals surface area contributed by atoms with Gasteiger partial charge in [-0.15, -0.1) is 0 Å². The molecule has 0 fully saturated rings. The molecule has 78 valence electrons. The molecule has 0 saturated carbocycles. The summed E-state index contributed by atoms with van der Waals surface area (Å²) in [6.07, 6.45) is 0. The molecular formula is C10H15ClN2O. The van der Waals surface area contributed by atoms with Crippen molar-refractivity contribution in [2.75, 3.05) is 33.0 Å². The molecule has 0 amide bonds. The van der Waals surface area contributed by atoms with E-state index < -0.39 is 0 Å². The second-order valence-electron chi connectivity index (χ2n) is 3.33. The van der Waals surface area contributed by atoms with Gasteiger partial charge in [-0.05, 0) is 26.2 Å². The van der Waals surface area contributed by atoms with Gasteiger partial charge >= 0.3 is 0 Å². The topological polar surface area (TPSA) is 38.5 Å². The highest BCUT2D eigenvalue weighted by molar-refractivity contribution is 6.30. The van der Waals surface area contributed by atoms with E-state index in [1.807, 2.05) is 19.0 Å². The zero-order chi connectivity index (χ0) is 10.6. The lowest BCUT2D eigenvalue weighted by Crippen LogP contribution is -2.19. The van der Waals surface area contributed by atoms with Gasteiger partial charge in [-0.2, -0.15) is 0 Å². The monoisotopic (exact) mass is 214 g/mol. The Labute approximate surface area is 89.4 Å². The second-order valence-corrected chi connectivity index (χ2v) is 3.77. The van der Waals surface area contributed by atoms with Gasteiger partial charge < -0.3 is 15.4 Å². The predicted octanol–water partition coefficient (Wildman–Crippen LogP) is 1.86. The van der Waals surface area contributed by atoms with Crippen molar-refractivity contribution in [3.8, 4) is 5.75 Å². The third-order valence-corrected chi connectivity index (χ3v) is 2.01. The van der Waals surface area contributed by atoms with Gasteiger partial charge in [0.05, 0.1) is 5.69 Å². The van der Waals surface area contributed by atoms with Gasteiger partial charge in [0.2, 0.25) is 0 Å². The molecule has 0 saturated heterocycles. The number of rotatable bonds is 4. The first-order valence-corrected chi connectivity index (χ1v) is 4.80. The first-order valence-electron chi connectivity index (χ1n) is 4.42. The molecule has 0 spiro atoms. The van der Waals surface area contributed by atoms with E-state index in [-0.39, 0.29) is 0 Å². The maximum atomic E-state index is 5.81. The predicted molar refractivity (Wildman–Crippen MR) is 59.9 cm³/mol. The average molecular weight is 215 g/mol. The molecule has 0 radical (unpaired) electrons. The van der Waals surface area contributed by atoms with Crippen LogP contribution in [0.4, 0.5) is 5.69 Å². The minimum atomic E-state index is 0.609. The van der Waals surface area contributed by atoms with E-state index >= 15 is 0 Å². The van der Waals surface area contributed by atoms with Gasteiger partial charge in [-0.1, -0.05) is 11.6 Å². The number of likely N-dealkylation sites (N-methyl/N-ethyl adjacent to an activating group) is 1. The standard InChI is InChI=1S/C10H15ClN2O/c1-13(2)5-6-14-10-7-8(11)3-4-9(10)12/h3-4,7H,5-6,12H2,1-2H3. The third-order valence-electron chi connectivity index (χ3n) is 1.77. The lowest BCUT2D eigenvalue weighted by Gasteiger charge is -2.12.